The van der Waals surface area contributed by atoms with Gasteiger partial charge in [0.15, 0.2) is 0 Å². The summed E-state index contributed by atoms with van der Waals surface area (Å²) in [6.45, 7) is 0. The van der Waals surface area contributed by atoms with Gasteiger partial charge in [0.05, 0.1) is 6.26 Å². The molecular weight excluding hydrogens is 148 g/mol. The molecule has 0 saturated carbocycles. The van der Waals surface area contributed by atoms with Crippen molar-refractivity contribution in [2.24, 2.45) is 0 Å². The molecule has 0 unspecified atom stereocenters. The van der Waals surface area contributed by atoms with E-state index in [9.17, 15) is 0 Å². The van der Waals surface area contributed by atoms with Crippen molar-refractivity contribution in [3.8, 4) is 0 Å². The number of aliphatic hydroxyl groups is 1. The van der Waals surface area contributed by atoms with E-state index in [1.165, 1.54) is 5.56 Å². The van der Waals surface area contributed by atoms with Crippen molar-refractivity contribution in [1.82, 2.24) is 0 Å². The minimum absolute atomic E-state index is 0.900. The van der Waals surface area contributed by atoms with Crippen LogP contribution < -0.4 is 10.4 Å². The van der Waals surface area contributed by atoms with Crippen LogP contribution in [-0.2, 0) is 6.42 Å². The fraction of sp³-hybridized carbons (Fsp3) is 0.0909. The molecule has 0 atom stereocenters. The van der Waals surface area contributed by atoms with Crippen molar-refractivity contribution in [3.63, 3.8) is 0 Å². The van der Waals surface area contributed by atoms with Crippen molar-refractivity contribution >= 4 is 12.3 Å². The number of allylic oxidation sites excluding steroid dienone is 2. The molecule has 0 heterocycles. The molecule has 60 valence electrons. The van der Waals surface area contributed by atoms with Gasteiger partial charge in [-0.25, -0.2) is 0 Å². The van der Waals surface area contributed by atoms with Gasteiger partial charge in [-0.15, -0.1) is 0 Å². The Labute approximate surface area is 71.0 Å². The van der Waals surface area contributed by atoms with E-state index in [1.54, 1.807) is 0 Å². The zero-order chi connectivity index (χ0) is 8.39. The van der Waals surface area contributed by atoms with Gasteiger partial charge in [-0.2, -0.15) is 0 Å². The molecule has 0 fully saturated rings. The molecule has 1 aliphatic carbocycles. The van der Waals surface area contributed by atoms with Crippen molar-refractivity contribution in [2.75, 3.05) is 0 Å². The molecule has 0 aromatic heterocycles. The molecule has 0 radical (unpaired) electrons. The number of hydrogen-bond donors (Lipinski definition) is 1. The molecule has 0 amide bonds. The van der Waals surface area contributed by atoms with Crippen LogP contribution in [0.1, 0.15) is 5.56 Å². The molecule has 1 aliphatic rings. The lowest BCUT2D eigenvalue weighted by Crippen LogP contribution is -2.28. The van der Waals surface area contributed by atoms with E-state index in [4.69, 9.17) is 5.11 Å². The summed E-state index contributed by atoms with van der Waals surface area (Å²) in [6, 6.07) is 5.96. The lowest BCUT2D eigenvalue weighted by atomic mass is 10.0. The van der Waals surface area contributed by atoms with Crippen LogP contribution in [-0.4, -0.2) is 5.11 Å². The van der Waals surface area contributed by atoms with E-state index in [-0.39, 0.29) is 0 Å². The quantitative estimate of drug-likeness (QED) is 0.594. The van der Waals surface area contributed by atoms with Crippen LogP contribution in [0.4, 0.5) is 0 Å². The van der Waals surface area contributed by atoms with Gasteiger partial charge in [0.1, 0.15) is 0 Å². The van der Waals surface area contributed by atoms with E-state index in [0.717, 1.165) is 23.1 Å². The van der Waals surface area contributed by atoms with E-state index >= 15 is 0 Å². The second kappa shape index (κ2) is 2.86. The third-order valence-corrected chi connectivity index (χ3v) is 2.11. The Morgan fingerprint density at radius 3 is 3.08 bits per heavy atom. The minimum atomic E-state index is 0.900. The normalized spacial score (nSPS) is 15.5. The molecule has 1 aromatic rings. The average Bonchev–Trinajstić information content (AvgIpc) is 2.17. The Hall–Kier alpha value is -1.50. The summed E-state index contributed by atoms with van der Waals surface area (Å²) < 4.78 is 0. The maximum Gasteiger partial charge on any atom is 0.0870 e. The molecule has 0 saturated heterocycles. The maximum absolute atomic E-state index is 8.92. The van der Waals surface area contributed by atoms with Gasteiger partial charge < -0.3 is 5.11 Å². The predicted molar refractivity (Wildman–Crippen MR) is 50.1 cm³/mol. The van der Waals surface area contributed by atoms with Crippen molar-refractivity contribution in [3.05, 3.63) is 46.4 Å². The second-order valence-electron chi connectivity index (χ2n) is 2.85. The molecule has 0 aliphatic heterocycles. The van der Waals surface area contributed by atoms with Crippen LogP contribution in [0.15, 0.2) is 30.4 Å². The largest absolute Gasteiger partial charge is 0.515 e. The first-order valence-electron chi connectivity index (χ1n) is 4.01. The van der Waals surface area contributed by atoms with Crippen molar-refractivity contribution in [1.29, 1.82) is 0 Å². The standard InChI is InChI=1S/C11H10O/c12-8-10-6-3-5-9-4-1-2-7-11(9)10/h1-3,5-8,12H,4H2. The second-order valence-corrected chi connectivity index (χ2v) is 2.85. The highest BCUT2D eigenvalue weighted by Gasteiger charge is 1.96. The van der Waals surface area contributed by atoms with Crippen LogP contribution in [0, 0.1) is 0 Å². The maximum atomic E-state index is 8.92. The Balaban J connectivity index is 2.87. The summed E-state index contributed by atoms with van der Waals surface area (Å²) in [7, 11) is 0. The van der Waals surface area contributed by atoms with Crippen molar-refractivity contribution < 1.29 is 5.11 Å². The first-order valence-corrected chi connectivity index (χ1v) is 4.01. The lowest BCUT2D eigenvalue weighted by Gasteiger charge is -2.02. The number of aliphatic hydroxyl groups excluding tert-OH is 1. The van der Waals surface area contributed by atoms with E-state index in [0.29, 0.717) is 0 Å². The summed E-state index contributed by atoms with van der Waals surface area (Å²) in [4.78, 5) is 0. The smallest absolute Gasteiger partial charge is 0.0870 e. The summed E-state index contributed by atoms with van der Waals surface area (Å²) in [6.07, 6.45) is 8.29. The van der Waals surface area contributed by atoms with Gasteiger partial charge in [0, 0.05) is 5.22 Å². The molecule has 0 spiro atoms. The van der Waals surface area contributed by atoms with E-state index in [2.05, 4.69) is 12.1 Å². The summed E-state index contributed by atoms with van der Waals surface area (Å²) in [5.74, 6) is 0. The fourth-order valence-corrected chi connectivity index (χ4v) is 1.49. The monoisotopic (exact) mass is 158 g/mol. The topological polar surface area (TPSA) is 20.2 Å². The van der Waals surface area contributed by atoms with Gasteiger partial charge in [-0.3, -0.25) is 0 Å². The predicted octanol–water partition coefficient (Wildman–Crippen LogP) is 0.875. The van der Waals surface area contributed by atoms with Crippen LogP contribution >= 0.6 is 0 Å². The van der Waals surface area contributed by atoms with Crippen LogP contribution in [0.3, 0.4) is 0 Å². The first kappa shape index (κ1) is 7.17. The van der Waals surface area contributed by atoms with Gasteiger partial charge in [-0.1, -0.05) is 36.4 Å². The van der Waals surface area contributed by atoms with Crippen LogP contribution in [0.25, 0.3) is 12.3 Å². The minimum Gasteiger partial charge on any atom is -0.515 e. The Bertz CT molecular complexity index is 427. The molecule has 12 heavy (non-hydrogen) atoms. The van der Waals surface area contributed by atoms with E-state index in [1.807, 2.05) is 24.3 Å². The highest BCUT2D eigenvalue weighted by molar-refractivity contribution is 5.45. The van der Waals surface area contributed by atoms with Gasteiger partial charge >= 0.3 is 0 Å². The highest BCUT2D eigenvalue weighted by Crippen LogP contribution is 1.96. The number of rotatable bonds is 0. The third-order valence-electron chi connectivity index (χ3n) is 2.11. The van der Waals surface area contributed by atoms with E-state index < -0.39 is 0 Å². The van der Waals surface area contributed by atoms with Gasteiger partial charge in [-0.05, 0) is 17.2 Å². The molecule has 1 nitrogen and oxygen atoms in total. The van der Waals surface area contributed by atoms with Crippen LogP contribution in [0.2, 0.25) is 0 Å². The van der Waals surface area contributed by atoms with Crippen molar-refractivity contribution in [2.45, 2.75) is 6.42 Å². The SMILES string of the molecule is OC=c1cccc2c1=CC=CC2. The Morgan fingerprint density at radius 1 is 1.33 bits per heavy atom. The molecule has 1 N–H and O–H groups in total. The number of benzene rings is 1. The van der Waals surface area contributed by atoms with Crippen LogP contribution in [0.5, 0.6) is 0 Å². The summed E-state index contributed by atoms with van der Waals surface area (Å²) in [5.41, 5.74) is 1.28. The average molecular weight is 158 g/mol. The zero-order valence-corrected chi connectivity index (χ0v) is 6.70. The molecule has 2 rings (SSSR count). The van der Waals surface area contributed by atoms with Gasteiger partial charge in [0.25, 0.3) is 0 Å². The molecule has 1 heteroatoms. The Morgan fingerprint density at radius 2 is 2.25 bits per heavy atom. The first-order chi connectivity index (χ1) is 5.92. The Kier molecular flexibility index (Phi) is 1.71. The number of fused-ring (bicyclic) bond motifs is 1. The molecular formula is C11H10O. The third kappa shape index (κ3) is 1.03. The fourth-order valence-electron chi connectivity index (χ4n) is 1.49. The summed E-state index contributed by atoms with van der Waals surface area (Å²) >= 11 is 0. The molecule has 0 bridgehead atoms. The van der Waals surface area contributed by atoms with Gasteiger partial charge in [0.2, 0.25) is 0 Å². The zero-order valence-electron chi connectivity index (χ0n) is 6.70. The highest BCUT2D eigenvalue weighted by atomic mass is 16.2. The lowest BCUT2D eigenvalue weighted by molar-refractivity contribution is 0.540. The molecule has 1 aromatic carbocycles. The summed E-state index contributed by atoms with van der Waals surface area (Å²) in [5, 5.41) is 11.0. The number of hydrogen-bond acceptors (Lipinski definition) is 1.